The van der Waals surface area contributed by atoms with Crippen LogP contribution in [-0.2, 0) is 19.6 Å². The molecular weight excluding hydrogens is 640 g/mol. The number of fused-ring (bicyclic) bond motifs is 1. The molecule has 0 fully saturated rings. The summed E-state index contributed by atoms with van der Waals surface area (Å²) < 4.78 is 33.6. The van der Waals surface area contributed by atoms with Gasteiger partial charge in [0.1, 0.15) is 5.60 Å². The number of rotatable bonds is 10. The number of halogens is 1. The van der Waals surface area contributed by atoms with Crippen molar-refractivity contribution in [2.45, 2.75) is 44.1 Å². The van der Waals surface area contributed by atoms with Gasteiger partial charge in [0.05, 0.1) is 27.3 Å². The van der Waals surface area contributed by atoms with E-state index in [0.717, 1.165) is 0 Å². The van der Waals surface area contributed by atoms with Crippen molar-refractivity contribution in [3.63, 3.8) is 0 Å². The molecule has 13 heteroatoms. The van der Waals surface area contributed by atoms with E-state index >= 15 is 0 Å². The average Bonchev–Trinajstić information content (AvgIpc) is 3.41. The molecule has 0 aliphatic rings. The first-order chi connectivity index (χ1) is 22.3. The van der Waals surface area contributed by atoms with Gasteiger partial charge in [-0.15, -0.1) is 0 Å². The molecule has 2 aromatic heterocycles. The number of anilines is 3. The SMILES string of the molecule is C=C(CCC(=O)Nc1cccc(Nc2ncc(Cl)c(-c3cn(S(=O)(=O)c4ccccc4)c4ccccc34)n2)c1)NC(=O)OC(C)(C)C. The van der Waals surface area contributed by atoms with E-state index in [2.05, 4.69) is 32.5 Å². The molecule has 0 saturated heterocycles. The largest absolute Gasteiger partial charge is 0.444 e. The van der Waals surface area contributed by atoms with E-state index in [4.69, 9.17) is 16.3 Å². The summed E-state index contributed by atoms with van der Waals surface area (Å²) in [4.78, 5) is 33.6. The van der Waals surface area contributed by atoms with E-state index in [-0.39, 0.29) is 34.6 Å². The van der Waals surface area contributed by atoms with Crippen molar-refractivity contribution >= 4 is 61.9 Å². The third kappa shape index (κ3) is 8.15. The van der Waals surface area contributed by atoms with Crippen LogP contribution in [0.1, 0.15) is 33.6 Å². The van der Waals surface area contributed by atoms with Crippen LogP contribution in [0, 0.1) is 0 Å². The molecule has 0 atom stereocenters. The quantitative estimate of drug-likeness (QED) is 0.138. The second kappa shape index (κ2) is 13.7. The summed E-state index contributed by atoms with van der Waals surface area (Å²) in [5.41, 5.74) is 2.15. The lowest BCUT2D eigenvalue weighted by Gasteiger charge is -2.20. The Hall–Kier alpha value is -5.20. The van der Waals surface area contributed by atoms with Crippen LogP contribution in [0.4, 0.5) is 22.1 Å². The number of benzene rings is 3. The van der Waals surface area contributed by atoms with Gasteiger partial charge in [0.15, 0.2) is 0 Å². The minimum absolute atomic E-state index is 0.0868. The number of alkyl carbamates (subject to hydrolysis) is 1. The van der Waals surface area contributed by atoms with Gasteiger partial charge in [-0.3, -0.25) is 10.1 Å². The third-order valence-corrected chi connectivity index (χ3v) is 8.68. The number of nitrogens with one attached hydrogen (secondary N) is 3. The lowest BCUT2D eigenvalue weighted by atomic mass is 10.1. The maximum Gasteiger partial charge on any atom is 0.411 e. The van der Waals surface area contributed by atoms with E-state index in [1.54, 1.807) is 87.5 Å². The van der Waals surface area contributed by atoms with Crippen LogP contribution in [0.5, 0.6) is 0 Å². The second-order valence-corrected chi connectivity index (χ2v) is 13.8. The van der Waals surface area contributed by atoms with E-state index in [1.807, 2.05) is 12.1 Å². The Morgan fingerprint density at radius 2 is 1.66 bits per heavy atom. The number of amides is 2. The van der Waals surface area contributed by atoms with Crippen LogP contribution < -0.4 is 16.0 Å². The Morgan fingerprint density at radius 3 is 2.40 bits per heavy atom. The molecule has 47 heavy (non-hydrogen) atoms. The molecule has 5 aromatic rings. The summed E-state index contributed by atoms with van der Waals surface area (Å²) in [7, 11) is -3.91. The number of ether oxygens (including phenoxy) is 1. The van der Waals surface area contributed by atoms with Gasteiger partial charge in [0.2, 0.25) is 11.9 Å². The van der Waals surface area contributed by atoms with Gasteiger partial charge in [0, 0.05) is 40.6 Å². The maximum atomic E-state index is 13.6. The van der Waals surface area contributed by atoms with Crippen molar-refractivity contribution in [1.29, 1.82) is 0 Å². The summed E-state index contributed by atoms with van der Waals surface area (Å²) in [5, 5.41) is 9.37. The fourth-order valence-corrected chi connectivity index (χ4v) is 6.25. The van der Waals surface area contributed by atoms with Crippen molar-refractivity contribution in [1.82, 2.24) is 19.3 Å². The van der Waals surface area contributed by atoms with Crippen LogP contribution in [0.25, 0.3) is 22.2 Å². The standard InChI is InChI=1S/C34H33ClN6O5S/c1-22(37-33(43)46-34(2,3)4)17-18-30(42)38-23-11-10-12-24(19-23)39-32-36-20-28(35)31(40-32)27-21-41(29-16-9-8-15-26(27)29)47(44,45)25-13-6-5-7-14-25/h5-16,19-21H,1,17-18H2,2-4H3,(H,37,43)(H,38,42)(H,36,39,40). The molecule has 242 valence electrons. The summed E-state index contributed by atoms with van der Waals surface area (Å²) in [6.45, 7) is 9.05. The summed E-state index contributed by atoms with van der Waals surface area (Å²) in [5.74, 6) is -0.0682. The predicted molar refractivity (Wildman–Crippen MR) is 183 cm³/mol. The predicted octanol–water partition coefficient (Wildman–Crippen LogP) is 7.49. The molecule has 0 radical (unpaired) electrons. The molecule has 0 aliphatic carbocycles. The number of carbonyl (C=O) groups excluding carboxylic acids is 2. The number of para-hydroxylation sites is 1. The van der Waals surface area contributed by atoms with Gasteiger partial charge in [-0.2, -0.15) is 0 Å². The monoisotopic (exact) mass is 672 g/mol. The molecule has 0 saturated carbocycles. The van der Waals surface area contributed by atoms with E-state index < -0.39 is 21.7 Å². The number of hydrogen-bond acceptors (Lipinski definition) is 8. The Kier molecular flexibility index (Phi) is 9.64. The van der Waals surface area contributed by atoms with Gasteiger partial charge in [-0.25, -0.2) is 27.2 Å². The fraction of sp³-hybridized carbons (Fsp3) is 0.176. The molecule has 0 unspecified atom stereocenters. The molecular formula is C34H33ClN6O5S. The first-order valence-electron chi connectivity index (χ1n) is 14.6. The zero-order valence-electron chi connectivity index (χ0n) is 26.0. The smallest absolute Gasteiger partial charge is 0.411 e. The van der Waals surface area contributed by atoms with Gasteiger partial charge in [-0.05, 0) is 63.6 Å². The Balaban J connectivity index is 1.32. The van der Waals surface area contributed by atoms with Crippen LogP contribution in [0.3, 0.4) is 0 Å². The van der Waals surface area contributed by atoms with Gasteiger partial charge in [-0.1, -0.05) is 60.6 Å². The van der Waals surface area contributed by atoms with E-state index in [1.165, 1.54) is 16.4 Å². The van der Waals surface area contributed by atoms with Gasteiger partial charge >= 0.3 is 6.09 Å². The van der Waals surface area contributed by atoms with Gasteiger partial charge in [0.25, 0.3) is 10.0 Å². The van der Waals surface area contributed by atoms with Crippen molar-refractivity contribution in [3.8, 4) is 11.3 Å². The van der Waals surface area contributed by atoms with Crippen molar-refractivity contribution in [3.05, 3.63) is 109 Å². The topological polar surface area (TPSA) is 144 Å². The Bertz CT molecular complexity index is 2070. The normalized spacial score (nSPS) is 11.6. The van der Waals surface area contributed by atoms with Crippen molar-refractivity contribution in [2.75, 3.05) is 10.6 Å². The van der Waals surface area contributed by atoms with Gasteiger partial charge < -0.3 is 15.4 Å². The van der Waals surface area contributed by atoms with E-state index in [0.29, 0.717) is 39.2 Å². The van der Waals surface area contributed by atoms with Crippen LogP contribution in [0.15, 0.2) is 108 Å². The number of carbonyl (C=O) groups is 2. The average molecular weight is 673 g/mol. The second-order valence-electron chi connectivity index (χ2n) is 11.5. The zero-order chi connectivity index (χ0) is 33.8. The lowest BCUT2D eigenvalue weighted by molar-refractivity contribution is -0.116. The highest BCUT2D eigenvalue weighted by molar-refractivity contribution is 7.90. The van der Waals surface area contributed by atoms with E-state index in [9.17, 15) is 18.0 Å². The summed E-state index contributed by atoms with van der Waals surface area (Å²) >= 11 is 6.57. The third-order valence-electron chi connectivity index (χ3n) is 6.71. The minimum Gasteiger partial charge on any atom is -0.444 e. The molecule has 0 bridgehead atoms. The van der Waals surface area contributed by atoms with Crippen LogP contribution in [0.2, 0.25) is 5.02 Å². The highest BCUT2D eigenvalue weighted by Crippen LogP contribution is 2.36. The highest BCUT2D eigenvalue weighted by atomic mass is 35.5. The fourth-order valence-electron chi connectivity index (χ4n) is 4.66. The van der Waals surface area contributed by atoms with Crippen LogP contribution in [-0.4, -0.2) is 40.0 Å². The van der Waals surface area contributed by atoms with Crippen LogP contribution >= 0.6 is 11.6 Å². The highest BCUT2D eigenvalue weighted by Gasteiger charge is 2.23. The maximum absolute atomic E-state index is 13.6. The van der Waals surface area contributed by atoms with Crippen molar-refractivity contribution in [2.24, 2.45) is 0 Å². The zero-order valence-corrected chi connectivity index (χ0v) is 27.5. The summed E-state index contributed by atoms with van der Waals surface area (Å²) in [6, 6.07) is 22.2. The number of nitrogens with zero attached hydrogens (tertiary/aromatic N) is 3. The molecule has 5 rings (SSSR count). The first kappa shape index (κ1) is 33.2. The van der Waals surface area contributed by atoms with Crippen molar-refractivity contribution < 1.29 is 22.7 Å². The molecule has 0 spiro atoms. The Labute approximate surface area is 277 Å². The molecule has 2 amide bonds. The molecule has 11 nitrogen and oxygen atoms in total. The lowest BCUT2D eigenvalue weighted by Crippen LogP contribution is -2.32. The first-order valence-corrected chi connectivity index (χ1v) is 16.4. The Morgan fingerprint density at radius 1 is 0.957 bits per heavy atom. The number of hydrogen-bond donors (Lipinski definition) is 3. The molecule has 2 heterocycles. The molecule has 3 aromatic carbocycles. The molecule has 0 aliphatic heterocycles. The minimum atomic E-state index is -3.91. The number of aromatic nitrogens is 3. The molecule has 3 N–H and O–H groups in total. The summed E-state index contributed by atoms with van der Waals surface area (Å²) in [6.07, 6.45) is 2.64. The number of allylic oxidation sites excluding steroid dienone is 1.